The number of carboxylic acids is 2. The molecule has 2 aromatic heterocycles. The Morgan fingerprint density at radius 1 is 1.09 bits per heavy atom. The number of carboxylic acid groups (broad SMARTS) is 2. The number of para-hydroxylation sites is 1. The highest BCUT2D eigenvalue weighted by Gasteiger charge is 2.21. The summed E-state index contributed by atoms with van der Waals surface area (Å²) in [5.41, 5.74) is 3.46. The minimum absolute atomic E-state index is 0.0621. The second-order valence-corrected chi connectivity index (χ2v) is 7.21. The van der Waals surface area contributed by atoms with Crippen molar-refractivity contribution in [1.82, 2.24) is 15.3 Å². The number of aliphatic carboxylic acids is 2. The summed E-state index contributed by atoms with van der Waals surface area (Å²) in [5.74, 6) is -1.98. The van der Waals surface area contributed by atoms with Crippen LogP contribution in [0.15, 0.2) is 73.1 Å². The number of carbonyl (C=O) groups is 3. The van der Waals surface area contributed by atoms with Gasteiger partial charge >= 0.3 is 5.97 Å². The Labute approximate surface area is 194 Å². The zero-order valence-electron chi connectivity index (χ0n) is 18.2. The first-order valence-corrected chi connectivity index (χ1v) is 10.3. The van der Waals surface area contributed by atoms with E-state index in [1.165, 1.54) is 0 Å². The number of rotatable bonds is 7. The number of hydrogen-bond donors (Lipinski definition) is 4. The first-order chi connectivity index (χ1) is 16.3. The predicted molar refractivity (Wildman–Crippen MR) is 123 cm³/mol. The second-order valence-electron chi connectivity index (χ2n) is 7.21. The molecule has 0 radical (unpaired) electrons. The first-order valence-electron chi connectivity index (χ1n) is 10.3. The number of nitrogens with zero attached hydrogens (tertiary/aromatic N) is 1. The van der Waals surface area contributed by atoms with Crippen molar-refractivity contribution in [2.45, 2.75) is 13.0 Å². The summed E-state index contributed by atoms with van der Waals surface area (Å²) in [4.78, 5) is 43.8. The molecule has 5 N–H and O–H groups in total. The summed E-state index contributed by atoms with van der Waals surface area (Å²) in [7, 11) is 0. The number of aromatic nitrogens is 3. The molecular weight excluding hydrogens is 438 g/mol. The van der Waals surface area contributed by atoms with Crippen LogP contribution in [-0.2, 0) is 9.59 Å². The summed E-state index contributed by atoms with van der Waals surface area (Å²) in [5, 5.41) is 24.0. The Morgan fingerprint density at radius 3 is 2.41 bits per heavy atom. The van der Waals surface area contributed by atoms with Crippen LogP contribution in [0.3, 0.4) is 0 Å². The molecule has 0 saturated carbocycles. The number of amides is 1. The van der Waals surface area contributed by atoms with Crippen molar-refractivity contribution >= 4 is 34.6 Å². The minimum Gasteiger partial charge on any atom is -0.550 e. The first kappa shape index (κ1) is 23.9. The number of aromatic amines is 2. The smallest absolute Gasteiger partial charge is 0.328 e. The zero-order chi connectivity index (χ0) is 24.5. The molecule has 1 atom stereocenters. The average molecular weight is 461 g/mol. The van der Waals surface area contributed by atoms with Gasteiger partial charge in [-0.3, -0.25) is 4.79 Å². The molecular formula is C24H23N5O5. The SMILES string of the molecule is CC(=O)[O-].O=C(N[C@@H](CNc1ccccc1)C(=O)O)c1ccc2nc(-c3cc[nH+]cc3)[nH]c2c1. The molecule has 0 unspecified atom stereocenters. The lowest BCUT2D eigenvalue weighted by Gasteiger charge is -2.16. The summed E-state index contributed by atoms with van der Waals surface area (Å²) >= 11 is 0. The minimum atomic E-state index is -1.11. The Kier molecular flexibility index (Phi) is 7.90. The van der Waals surface area contributed by atoms with E-state index in [1.54, 1.807) is 30.6 Å². The molecule has 0 spiro atoms. The van der Waals surface area contributed by atoms with E-state index in [-0.39, 0.29) is 6.54 Å². The van der Waals surface area contributed by atoms with Crippen LogP contribution in [0, 0.1) is 0 Å². The number of nitrogens with one attached hydrogen (secondary N) is 4. The van der Waals surface area contributed by atoms with E-state index < -0.39 is 23.9 Å². The van der Waals surface area contributed by atoms with Gasteiger partial charge in [0.15, 0.2) is 12.4 Å². The van der Waals surface area contributed by atoms with Crippen LogP contribution in [-0.4, -0.2) is 45.5 Å². The molecule has 0 aliphatic carbocycles. The fraction of sp³-hybridized carbons (Fsp3) is 0.125. The molecule has 10 heteroatoms. The van der Waals surface area contributed by atoms with E-state index in [0.717, 1.165) is 23.7 Å². The number of carbonyl (C=O) groups excluding carboxylic acids is 2. The van der Waals surface area contributed by atoms with Gasteiger partial charge in [0, 0.05) is 41.5 Å². The van der Waals surface area contributed by atoms with E-state index in [1.807, 2.05) is 42.5 Å². The van der Waals surface area contributed by atoms with Crippen LogP contribution < -0.4 is 20.7 Å². The van der Waals surface area contributed by atoms with Gasteiger partial charge in [0.1, 0.15) is 11.9 Å². The molecule has 2 aromatic carbocycles. The average Bonchev–Trinajstić information content (AvgIpc) is 3.26. The standard InChI is InChI=1S/C22H19N5O3.C2H4O2/c28-21(27-19(22(29)30)13-24-16-4-2-1-3-5-16)15-6-7-17-18(12-15)26-20(25-17)14-8-10-23-11-9-14;1-2(3)4/h1-12,19,24H,13H2,(H,25,26)(H,27,28)(H,29,30);1H3,(H,3,4)/t19-;/m0./s1. The Balaban J connectivity index is 0.000000751. The largest absolute Gasteiger partial charge is 0.550 e. The van der Waals surface area contributed by atoms with Crippen molar-refractivity contribution in [1.29, 1.82) is 0 Å². The van der Waals surface area contributed by atoms with E-state index in [9.17, 15) is 14.7 Å². The van der Waals surface area contributed by atoms with Gasteiger partial charge in [-0.25, -0.2) is 14.8 Å². The summed E-state index contributed by atoms with van der Waals surface area (Å²) in [6.45, 7) is 1.03. The lowest BCUT2D eigenvalue weighted by molar-refractivity contribution is -0.377. The lowest BCUT2D eigenvalue weighted by atomic mass is 10.1. The highest BCUT2D eigenvalue weighted by atomic mass is 16.4. The highest BCUT2D eigenvalue weighted by Crippen LogP contribution is 2.20. The third-order valence-corrected chi connectivity index (χ3v) is 4.62. The van der Waals surface area contributed by atoms with Crippen LogP contribution in [0.5, 0.6) is 0 Å². The summed E-state index contributed by atoms with van der Waals surface area (Å²) < 4.78 is 0. The topological polar surface area (TPSA) is 161 Å². The number of anilines is 1. The molecule has 4 rings (SSSR count). The van der Waals surface area contributed by atoms with E-state index >= 15 is 0 Å². The number of pyridine rings is 1. The van der Waals surface area contributed by atoms with Crippen LogP contribution in [0.25, 0.3) is 22.4 Å². The van der Waals surface area contributed by atoms with Gasteiger partial charge in [0.05, 0.1) is 11.0 Å². The fourth-order valence-corrected chi connectivity index (χ4v) is 3.05. The predicted octanol–water partition coefficient (Wildman–Crippen LogP) is 1.10. The molecule has 34 heavy (non-hydrogen) atoms. The number of H-pyrrole nitrogens is 2. The fourth-order valence-electron chi connectivity index (χ4n) is 3.05. The molecule has 0 aliphatic rings. The zero-order valence-corrected chi connectivity index (χ0v) is 18.2. The van der Waals surface area contributed by atoms with Crippen molar-refractivity contribution in [3.8, 4) is 11.4 Å². The van der Waals surface area contributed by atoms with Gasteiger partial charge in [-0.15, -0.1) is 0 Å². The second kappa shape index (κ2) is 11.2. The normalized spacial score (nSPS) is 11.1. The van der Waals surface area contributed by atoms with E-state index in [4.69, 9.17) is 9.90 Å². The van der Waals surface area contributed by atoms with Crippen molar-refractivity contribution in [2.24, 2.45) is 0 Å². The van der Waals surface area contributed by atoms with Crippen LogP contribution in [0.4, 0.5) is 5.69 Å². The molecule has 0 fully saturated rings. The van der Waals surface area contributed by atoms with Gasteiger partial charge in [-0.1, -0.05) is 18.2 Å². The molecule has 174 valence electrons. The maximum atomic E-state index is 12.7. The Morgan fingerprint density at radius 2 is 1.76 bits per heavy atom. The quantitative estimate of drug-likeness (QED) is 0.320. The number of imidazole rings is 1. The number of benzene rings is 2. The van der Waals surface area contributed by atoms with Gasteiger partial charge in [-0.2, -0.15) is 0 Å². The van der Waals surface area contributed by atoms with Crippen LogP contribution in [0.2, 0.25) is 0 Å². The molecule has 1 amide bonds. The molecule has 0 aliphatic heterocycles. The van der Waals surface area contributed by atoms with Crippen LogP contribution >= 0.6 is 0 Å². The van der Waals surface area contributed by atoms with Gasteiger partial charge < -0.3 is 30.6 Å². The van der Waals surface area contributed by atoms with Crippen molar-refractivity contribution in [2.75, 3.05) is 11.9 Å². The lowest BCUT2D eigenvalue weighted by Crippen LogP contribution is -2.45. The molecule has 0 bridgehead atoms. The molecule has 10 nitrogen and oxygen atoms in total. The number of fused-ring (bicyclic) bond motifs is 1. The summed E-state index contributed by atoms with van der Waals surface area (Å²) in [6, 6.07) is 17.0. The van der Waals surface area contributed by atoms with Gasteiger partial charge in [-0.05, 0) is 37.3 Å². The Bertz CT molecular complexity index is 1270. The third-order valence-electron chi connectivity index (χ3n) is 4.62. The molecule has 2 heterocycles. The maximum Gasteiger partial charge on any atom is 0.328 e. The van der Waals surface area contributed by atoms with E-state index in [2.05, 4.69) is 25.6 Å². The third kappa shape index (κ3) is 6.63. The van der Waals surface area contributed by atoms with Crippen LogP contribution in [0.1, 0.15) is 17.3 Å². The molecule has 4 aromatic rings. The Hall–Kier alpha value is -4.73. The maximum absolute atomic E-state index is 12.7. The number of hydrogen-bond acceptors (Lipinski definition) is 6. The van der Waals surface area contributed by atoms with Crippen molar-refractivity contribution in [3.63, 3.8) is 0 Å². The van der Waals surface area contributed by atoms with Crippen molar-refractivity contribution < 1.29 is 29.6 Å². The molecule has 0 saturated heterocycles. The van der Waals surface area contributed by atoms with Gasteiger partial charge in [0.25, 0.3) is 5.91 Å². The monoisotopic (exact) mass is 461 g/mol. The van der Waals surface area contributed by atoms with E-state index in [0.29, 0.717) is 16.9 Å². The van der Waals surface area contributed by atoms with Gasteiger partial charge in [0.2, 0.25) is 0 Å². The van der Waals surface area contributed by atoms with Crippen molar-refractivity contribution in [3.05, 3.63) is 78.6 Å². The highest BCUT2D eigenvalue weighted by molar-refractivity contribution is 5.99. The summed E-state index contributed by atoms with van der Waals surface area (Å²) in [6.07, 6.45) is 3.60.